The Kier molecular flexibility index (Phi) is 4.58. The first-order chi connectivity index (χ1) is 13.3. The monoisotopic (exact) mass is 357 g/mol. The lowest BCUT2D eigenvalue weighted by molar-refractivity contribution is 0.394. The van der Waals surface area contributed by atoms with E-state index in [0.717, 1.165) is 44.6 Å². The number of anilines is 1. The van der Waals surface area contributed by atoms with E-state index in [0.29, 0.717) is 0 Å². The van der Waals surface area contributed by atoms with Gasteiger partial charge >= 0.3 is 0 Å². The highest BCUT2D eigenvalue weighted by molar-refractivity contribution is 6.07. The first kappa shape index (κ1) is 16.8. The van der Waals surface area contributed by atoms with Crippen molar-refractivity contribution in [3.05, 3.63) is 72.3 Å². The minimum absolute atomic E-state index is 0.718. The number of hydrogen-bond donors (Lipinski definition) is 1. The molecule has 4 rings (SSSR count). The molecule has 0 aliphatic heterocycles. The molecule has 0 atom stereocenters. The second kappa shape index (κ2) is 7.33. The molecule has 0 radical (unpaired) electrons. The van der Waals surface area contributed by atoms with Crippen molar-refractivity contribution in [2.45, 2.75) is 0 Å². The van der Waals surface area contributed by atoms with Crippen molar-refractivity contribution in [1.82, 2.24) is 4.98 Å². The Hall–Kier alpha value is -3.60. The van der Waals surface area contributed by atoms with Gasteiger partial charge in [0.2, 0.25) is 0 Å². The summed E-state index contributed by atoms with van der Waals surface area (Å²) in [7, 11) is 3.26. The molecular weight excluding hydrogens is 338 g/mol. The number of fused-ring (bicyclic) bond motifs is 2. The van der Waals surface area contributed by atoms with E-state index in [1.807, 2.05) is 66.7 Å². The molecule has 4 aromatic rings. The summed E-state index contributed by atoms with van der Waals surface area (Å²) >= 11 is 0. The van der Waals surface area contributed by atoms with Crippen LogP contribution in [-0.4, -0.2) is 25.4 Å². The van der Waals surface area contributed by atoms with Gasteiger partial charge < -0.3 is 9.47 Å². The number of aromatic nitrogens is 1. The lowest BCUT2D eigenvalue weighted by atomic mass is 10.1. The average molecular weight is 357 g/mol. The molecule has 0 aliphatic rings. The SMILES string of the molecule is COc1cc(/C=N/Nc2c3ccccc3nc3ccccc23)cc(OC)c1. The predicted molar refractivity (Wildman–Crippen MR) is 110 cm³/mol. The number of nitrogens with zero attached hydrogens (tertiary/aromatic N) is 2. The third-order valence-electron chi connectivity index (χ3n) is 4.35. The third kappa shape index (κ3) is 3.40. The first-order valence-corrected chi connectivity index (χ1v) is 8.58. The van der Waals surface area contributed by atoms with Crippen LogP contribution < -0.4 is 14.9 Å². The molecule has 0 bridgehead atoms. The largest absolute Gasteiger partial charge is 0.497 e. The molecule has 3 aromatic carbocycles. The Morgan fingerprint density at radius 3 is 1.93 bits per heavy atom. The molecule has 0 unspecified atom stereocenters. The van der Waals surface area contributed by atoms with Gasteiger partial charge in [-0.05, 0) is 24.3 Å². The normalized spacial score (nSPS) is 11.2. The maximum atomic E-state index is 5.31. The molecule has 0 amide bonds. The van der Waals surface area contributed by atoms with E-state index in [9.17, 15) is 0 Å². The smallest absolute Gasteiger partial charge is 0.123 e. The van der Waals surface area contributed by atoms with Crippen molar-refractivity contribution in [3.63, 3.8) is 0 Å². The quantitative estimate of drug-likeness (QED) is 0.315. The fourth-order valence-corrected chi connectivity index (χ4v) is 3.04. The van der Waals surface area contributed by atoms with Crippen LogP contribution in [0.5, 0.6) is 11.5 Å². The van der Waals surface area contributed by atoms with Gasteiger partial charge in [-0.3, -0.25) is 5.43 Å². The van der Waals surface area contributed by atoms with Gasteiger partial charge in [0.15, 0.2) is 0 Å². The fraction of sp³-hybridized carbons (Fsp3) is 0.0909. The number of benzene rings is 3. The van der Waals surface area contributed by atoms with Crippen molar-refractivity contribution in [3.8, 4) is 11.5 Å². The van der Waals surface area contributed by atoms with E-state index >= 15 is 0 Å². The van der Waals surface area contributed by atoms with Gasteiger partial charge in [0, 0.05) is 22.4 Å². The number of rotatable bonds is 5. The van der Waals surface area contributed by atoms with Crippen LogP contribution >= 0.6 is 0 Å². The number of ether oxygens (including phenoxy) is 2. The van der Waals surface area contributed by atoms with Gasteiger partial charge in [-0.25, -0.2) is 4.98 Å². The number of nitrogens with one attached hydrogen (secondary N) is 1. The first-order valence-electron chi connectivity index (χ1n) is 8.58. The second-order valence-corrected chi connectivity index (χ2v) is 6.04. The highest BCUT2D eigenvalue weighted by atomic mass is 16.5. The lowest BCUT2D eigenvalue weighted by Crippen LogP contribution is -1.96. The second-order valence-electron chi connectivity index (χ2n) is 6.04. The maximum absolute atomic E-state index is 5.31. The van der Waals surface area contributed by atoms with Crippen LogP contribution in [0.1, 0.15) is 5.56 Å². The van der Waals surface area contributed by atoms with Crippen LogP contribution in [0.15, 0.2) is 71.8 Å². The summed E-state index contributed by atoms with van der Waals surface area (Å²) in [5.41, 5.74) is 6.87. The summed E-state index contributed by atoms with van der Waals surface area (Å²) in [5, 5.41) is 6.50. The molecule has 134 valence electrons. The fourth-order valence-electron chi connectivity index (χ4n) is 3.04. The van der Waals surface area contributed by atoms with Gasteiger partial charge in [-0.1, -0.05) is 36.4 Å². The molecule has 0 saturated carbocycles. The van der Waals surface area contributed by atoms with Crippen molar-refractivity contribution in [1.29, 1.82) is 0 Å². The van der Waals surface area contributed by atoms with E-state index < -0.39 is 0 Å². The molecule has 0 spiro atoms. The average Bonchev–Trinajstić information content (AvgIpc) is 2.73. The Morgan fingerprint density at radius 1 is 0.815 bits per heavy atom. The molecule has 1 aromatic heterocycles. The van der Waals surface area contributed by atoms with Gasteiger partial charge in [-0.15, -0.1) is 0 Å². The van der Waals surface area contributed by atoms with E-state index in [2.05, 4.69) is 10.5 Å². The number of para-hydroxylation sites is 2. The van der Waals surface area contributed by atoms with Crippen LogP contribution in [0.3, 0.4) is 0 Å². The molecule has 0 aliphatic carbocycles. The summed E-state index contributed by atoms with van der Waals surface area (Å²) in [4.78, 5) is 4.73. The maximum Gasteiger partial charge on any atom is 0.123 e. The number of methoxy groups -OCH3 is 2. The molecule has 0 saturated heterocycles. The molecule has 5 heteroatoms. The lowest BCUT2D eigenvalue weighted by Gasteiger charge is -2.10. The predicted octanol–water partition coefficient (Wildman–Crippen LogP) is 4.85. The van der Waals surface area contributed by atoms with E-state index in [1.165, 1.54) is 0 Å². The van der Waals surface area contributed by atoms with Crippen LogP contribution in [0.25, 0.3) is 21.8 Å². The molecule has 0 fully saturated rings. The van der Waals surface area contributed by atoms with Crippen molar-refractivity contribution >= 4 is 33.7 Å². The Morgan fingerprint density at radius 2 is 1.37 bits per heavy atom. The van der Waals surface area contributed by atoms with E-state index in [1.54, 1.807) is 20.4 Å². The molecule has 5 nitrogen and oxygen atoms in total. The highest BCUT2D eigenvalue weighted by Crippen LogP contribution is 2.30. The molecular formula is C22H19N3O2. The minimum atomic E-state index is 0.718. The standard InChI is InChI=1S/C22H19N3O2/c1-26-16-11-15(12-17(13-16)27-2)14-23-25-22-18-7-3-5-9-20(18)24-21-10-6-4-8-19(21)22/h3-14H,1-2H3,(H,24,25)/b23-14+. The number of hydrazone groups is 1. The number of hydrogen-bond acceptors (Lipinski definition) is 5. The van der Waals surface area contributed by atoms with Gasteiger partial charge in [0.05, 0.1) is 37.2 Å². The van der Waals surface area contributed by atoms with E-state index in [4.69, 9.17) is 14.5 Å². The topological polar surface area (TPSA) is 55.7 Å². The summed E-state index contributed by atoms with van der Waals surface area (Å²) in [6, 6.07) is 21.7. The van der Waals surface area contributed by atoms with Crippen LogP contribution in [0, 0.1) is 0 Å². The zero-order chi connectivity index (χ0) is 18.6. The Labute approximate surface area is 157 Å². The van der Waals surface area contributed by atoms with Crippen molar-refractivity contribution < 1.29 is 9.47 Å². The summed E-state index contributed by atoms with van der Waals surface area (Å²) < 4.78 is 10.6. The van der Waals surface area contributed by atoms with Crippen LogP contribution in [0.2, 0.25) is 0 Å². The van der Waals surface area contributed by atoms with Gasteiger partial charge in [0.25, 0.3) is 0 Å². The zero-order valence-electron chi connectivity index (χ0n) is 15.1. The summed E-state index contributed by atoms with van der Waals surface area (Å²) in [6.07, 6.45) is 1.75. The van der Waals surface area contributed by atoms with Crippen molar-refractivity contribution in [2.75, 3.05) is 19.6 Å². The Bertz CT molecular complexity index is 1060. The van der Waals surface area contributed by atoms with E-state index in [-0.39, 0.29) is 0 Å². The summed E-state index contributed by atoms with van der Waals surface area (Å²) in [5.74, 6) is 1.44. The van der Waals surface area contributed by atoms with Crippen molar-refractivity contribution in [2.24, 2.45) is 5.10 Å². The minimum Gasteiger partial charge on any atom is -0.497 e. The van der Waals surface area contributed by atoms with Gasteiger partial charge in [0.1, 0.15) is 11.5 Å². The van der Waals surface area contributed by atoms with Crippen LogP contribution in [-0.2, 0) is 0 Å². The molecule has 1 N–H and O–H groups in total. The Balaban J connectivity index is 1.74. The zero-order valence-corrected chi connectivity index (χ0v) is 15.1. The molecule has 27 heavy (non-hydrogen) atoms. The molecule has 1 heterocycles. The summed E-state index contributed by atoms with van der Waals surface area (Å²) in [6.45, 7) is 0. The third-order valence-corrected chi connectivity index (χ3v) is 4.35. The van der Waals surface area contributed by atoms with Crippen LogP contribution in [0.4, 0.5) is 5.69 Å². The highest BCUT2D eigenvalue weighted by Gasteiger charge is 2.07. The number of pyridine rings is 1. The van der Waals surface area contributed by atoms with Gasteiger partial charge in [-0.2, -0.15) is 5.10 Å².